The average Bonchev–Trinajstić information content (AvgIpc) is 2.59. The van der Waals surface area contributed by atoms with E-state index in [9.17, 15) is 0 Å². The smallest absolute Gasteiger partial charge is 0.254 e. The maximum absolute atomic E-state index is 7.29. The van der Waals surface area contributed by atoms with Gasteiger partial charge in [-0.3, -0.25) is 0 Å². The van der Waals surface area contributed by atoms with E-state index in [0.29, 0.717) is 3.91 Å². The Hall–Kier alpha value is -0.732. The molecule has 2 rings (SSSR count). The fourth-order valence-corrected chi connectivity index (χ4v) is 53.8. The van der Waals surface area contributed by atoms with Gasteiger partial charge in [0, 0.05) is 30.8 Å². The van der Waals surface area contributed by atoms with Gasteiger partial charge in [0.1, 0.15) is 0 Å². The Labute approximate surface area is 184 Å². The first-order valence-corrected chi connectivity index (χ1v) is 23.4. The monoisotopic (exact) mass is 458 g/mol. The van der Waals surface area contributed by atoms with Crippen LogP contribution in [0.5, 0.6) is 0 Å². The van der Waals surface area contributed by atoms with E-state index in [-0.39, 0.29) is 0 Å². The van der Waals surface area contributed by atoms with E-state index in [2.05, 4.69) is 127 Å². The second-order valence-corrected chi connectivity index (χ2v) is 33.7. The SMILES string of the molecule is CCO[Si](c1ccccc1)(c1ccccc1)C([Si](C)(C)C)([Si](C)(C)C)[Si](C)(C)C. The molecule has 0 N–H and O–H groups in total. The molecule has 0 aliphatic carbocycles. The summed E-state index contributed by atoms with van der Waals surface area (Å²) in [6.45, 7) is 26.7. The van der Waals surface area contributed by atoms with Crippen LogP contribution in [0.15, 0.2) is 60.7 Å². The van der Waals surface area contributed by atoms with Crippen LogP contribution in [-0.2, 0) is 4.43 Å². The summed E-state index contributed by atoms with van der Waals surface area (Å²) >= 11 is 0. The summed E-state index contributed by atoms with van der Waals surface area (Å²) in [5, 5.41) is 2.95. The van der Waals surface area contributed by atoms with Crippen molar-refractivity contribution in [2.75, 3.05) is 6.61 Å². The summed E-state index contributed by atoms with van der Waals surface area (Å²) in [5.41, 5.74) is 0. The summed E-state index contributed by atoms with van der Waals surface area (Å²) in [4.78, 5) is 0. The molecule has 0 atom stereocenters. The Balaban J connectivity index is 3.21. The van der Waals surface area contributed by atoms with Gasteiger partial charge >= 0.3 is 0 Å². The Morgan fingerprint density at radius 2 is 0.897 bits per heavy atom. The van der Waals surface area contributed by atoms with Crippen molar-refractivity contribution in [3.8, 4) is 0 Å². The van der Waals surface area contributed by atoms with Gasteiger partial charge in [-0.05, 0) is 21.2 Å². The molecule has 0 fully saturated rings. The molecule has 0 spiro atoms. The van der Waals surface area contributed by atoms with Crippen LogP contribution in [-0.4, -0.2) is 39.1 Å². The first-order valence-electron chi connectivity index (χ1n) is 11.0. The fourth-order valence-electron chi connectivity index (χ4n) is 7.40. The number of rotatable bonds is 8. The van der Waals surface area contributed by atoms with E-state index >= 15 is 0 Å². The van der Waals surface area contributed by atoms with Gasteiger partial charge in [0.2, 0.25) is 0 Å². The van der Waals surface area contributed by atoms with Crippen LogP contribution < -0.4 is 10.4 Å². The normalized spacial score (nSPS) is 14.1. The molecule has 0 amide bonds. The Morgan fingerprint density at radius 3 is 1.14 bits per heavy atom. The van der Waals surface area contributed by atoms with E-state index in [4.69, 9.17) is 4.43 Å². The lowest BCUT2D eigenvalue weighted by molar-refractivity contribution is 0.336. The lowest BCUT2D eigenvalue weighted by Crippen LogP contribution is -2.85. The third-order valence-corrected chi connectivity index (χ3v) is 40.9. The predicted molar refractivity (Wildman–Crippen MR) is 142 cm³/mol. The summed E-state index contributed by atoms with van der Waals surface area (Å²) in [7, 11) is -7.61. The summed E-state index contributed by atoms with van der Waals surface area (Å²) in [6.07, 6.45) is 0. The van der Waals surface area contributed by atoms with Gasteiger partial charge in [0.15, 0.2) is 0 Å². The van der Waals surface area contributed by atoms with Crippen LogP contribution in [0.4, 0.5) is 0 Å². The topological polar surface area (TPSA) is 9.23 Å². The molecule has 5 heteroatoms. The second-order valence-electron chi connectivity index (χ2n) is 11.3. The van der Waals surface area contributed by atoms with Crippen LogP contribution in [0, 0.1) is 0 Å². The number of hydrogen-bond acceptors (Lipinski definition) is 1. The summed E-state index contributed by atoms with van der Waals surface area (Å²) < 4.78 is 7.61. The van der Waals surface area contributed by atoms with Gasteiger partial charge in [-0.15, -0.1) is 0 Å². The maximum Gasteiger partial charge on any atom is 0.254 e. The minimum atomic E-state index is -2.55. The molecule has 0 radical (unpaired) electrons. The molecule has 0 heterocycles. The van der Waals surface area contributed by atoms with E-state index in [1.54, 1.807) is 0 Å². The first-order chi connectivity index (χ1) is 13.3. The molecular formula is C24H42OSi4. The lowest BCUT2D eigenvalue weighted by atomic mass is 10.4. The van der Waals surface area contributed by atoms with Crippen molar-refractivity contribution < 1.29 is 4.43 Å². The van der Waals surface area contributed by atoms with Crippen molar-refractivity contribution in [2.45, 2.75) is 69.8 Å². The van der Waals surface area contributed by atoms with Gasteiger partial charge in [0.05, 0.1) is 0 Å². The maximum atomic E-state index is 7.29. The quantitative estimate of drug-likeness (QED) is 0.431. The highest BCUT2D eigenvalue weighted by Gasteiger charge is 2.73. The van der Waals surface area contributed by atoms with Crippen molar-refractivity contribution in [1.29, 1.82) is 0 Å². The van der Waals surface area contributed by atoms with Crippen molar-refractivity contribution in [1.82, 2.24) is 0 Å². The molecule has 0 aliphatic heterocycles. The fraction of sp³-hybridized carbons (Fsp3) is 0.500. The van der Waals surface area contributed by atoms with Crippen LogP contribution >= 0.6 is 0 Å². The van der Waals surface area contributed by atoms with E-state index < -0.39 is 32.5 Å². The van der Waals surface area contributed by atoms with Crippen LogP contribution in [0.1, 0.15) is 6.92 Å². The van der Waals surface area contributed by atoms with Gasteiger partial charge in [-0.25, -0.2) is 0 Å². The summed E-state index contributed by atoms with van der Waals surface area (Å²) in [5.74, 6) is 0. The van der Waals surface area contributed by atoms with Crippen molar-refractivity contribution >= 4 is 42.9 Å². The number of hydrogen-bond donors (Lipinski definition) is 0. The van der Waals surface area contributed by atoms with Gasteiger partial charge < -0.3 is 4.43 Å². The number of benzene rings is 2. The first kappa shape index (κ1) is 24.5. The van der Waals surface area contributed by atoms with Crippen molar-refractivity contribution in [2.24, 2.45) is 0 Å². The highest BCUT2D eigenvalue weighted by atomic mass is 28.5. The molecule has 29 heavy (non-hydrogen) atoms. The molecule has 160 valence electrons. The highest BCUT2D eigenvalue weighted by Crippen LogP contribution is 2.59. The average molecular weight is 459 g/mol. The van der Waals surface area contributed by atoms with Gasteiger partial charge in [-0.1, -0.05) is 120 Å². The van der Waals surface area contributed by atoms with Gasteiger partial charge in [0.25, 0.3) is 8.32 Å². The molecule has 1 nitrogen and oxygen atoms in total. The summed E-state index contributed by atoms with van der Waals surface area (Å²) in [6, 6.07) is 22.7. The second kappa shape index (κ2) is 8.42. The predicted octanol–water partition coefficient (Wildman–Crippen LogP) is 6.16. The molecule has 0 aliphatic rings. The molecule has 0 saturated carbocycles. The van der Waals surface area contributed by atoms with Crippen LogP contribution in [0.25, 0.3) is 0 Å². The molecule has 0 bridgehead atoms. The molecule has 2 aromatic carbocycles. The zero-order valence-electron chi connectivity index (χ0n) is 20.4. The minimum Gasteiger partial charge on any atom is -0.408 e. The van der Waals surface area contributed by atoms with E-state index in [1.807, 2.05) is 0 Å². The molecule has 2 aromatic rings. The molecule has 0 aromatic heterocycles. The van der Waals surface area contributed by atoms with Crippen molar-refractivity contribution in [3.05, 3.63) is 60.7 Å². The standard InChI is InChI=1S/C24H42OSi4/c1-11-25-29(22-18-14-12-15-19-22,23-20-16-13-17-21-23)24(26(2,3)4,27(5,6)7)28(8,9)10/h12-21H,11H2,1-10H3. The Bertz CT molecular complexity index is 708. The van der Waals surface area contributed by atoms with E-state index in [1.165, 1.54) is 10.4 Å². The third kappa shape index (κ3) is 3.85. The lowest BCUT2D eigenvalue weighted by Gasteiger charge is -2.66. The van der Waals surface area contributed by atoms with Crippen LogP contribution in [0.2, 0.25) is 62.8 Å². The molecule has 0 saturated heterocycles. The van der Waals surface area contributed by atoms with Gasteiger partial charge in [-0.2, -0.15) is 0 Å². The molecular weight excluding hydrogens is 417 g/mol. The Kier molecular flexibility index (Phi) is 7.12. The van der Waals surface area contributed by atoms with Crippen LogP contribution in [0.3, 0.4) is 0 Å². The molecule has 0 unspecified atom stereocenters. The Morgan fingerprint density at radius 1 is 0.586 bits per heavy atom. The highest BCUT2D eigenvalue weighted by molar-refractivity contribution is 7.33. The van der Waals surface area contributed by atoms with E-state index in [0.717, 1.165) is 6.61 Å². The zero-order valence-corrected chi connectivity index (χ0v) is 24.4. The van der Waals surface area contributed by atoms with Crippen molar-refractivity contribution in [3.63, 3.8) is 0 Å². The zero-order chi connectivity index (χ0) is 22.1. The minimum absolute atomic E-state index is 0.318. The third-order valence-electron chi connectivity index (χ3n) is 6.62. The largest absolute Gasteiger partial charge is 0.408 e.